The first-order chi connectivity index (χ1) is 15.8. The molecule has 186 valence electrons. The fourth-order valence-corrected chi connectivity index (χ4v) is 9.15. The molecule has 1 aliphatic heterocycles. The first kappa shape index (κ1) is 23.8. The number of allylic oxidation sites excluding steroid dienone is 1. The quantitative estimate of drug-likeness (QED) is 0.576. The highest BCUT2D eigenvalue weighted by Crippen LogP contribution is 2.67. The molecule has 4 aliphatic carbocycles. The number of rotatable bonds is 5. The van der Waals surface area contributed by atoms with Gasteiger partial charge in [0.2, 0.25) is 5.91 Å². The number of carbonyl (C=O) groups is 1. The van der Waals surface area contributed by atoms with Crippen LogP contribution in [0.4, 0.5) is 0 Å². The molecule has 5 rings (SSSR count). The molecule has 0 spiro atoms. The summed E-state index contributed by atoms with van der Waals surface area (Å²) in [5.74, 6) is 3.70. The SMILES string of the molecule is CC(CCC(=O)N1CCC(CO)O1)[C@H]1CC[C@H]2[C@@H]3CC=C4C[C@@H](O)CC[C@]4(C)[C@H]3CC[C@]12C. The van der Waals surface area contributed by atoms with E-state index in [4.69, 9.17) is 4.84 Å². The Bertz CT molecular complexity index is 782. The summed E-state index contributed by atoms with van der Waals surface area (Å²) in [6.45, 7) is 8.05. The zero-order valence-corrected chi connectivity index (χ0v) is 21.0. The van der Waals surface area contributed by atoms with Gasteiger partial charge in [0.05, 0.1) is 19.3 Å². The minimum Gasteiger partial charge on any atom is -0.394 e. The molecule has 0 aromatic heterocycles. The number of aliphatic hydroxyl groups excluding tert-OH is 2. The molecule has 5 heteroatoms. The highest BCUT2D eigenvalue weighted by molar-refractivity contribution is 5.75. The molecule has 0 bridgehead atoms. The van der Waals surface area contributed by atoms with E-state index in [-0.39, 0.29) is 24.7 Å². The second kappa shape index (κ2) is 8.95. The Labute approximate surface area is 199 Å². The second-order valence-corrected chi connectivity index (χ2v) is 12.6. The summed E-state index contributed by atoms with van der Waals surface area (Å²) >= 11 is 0. The molecule has 0 aromatic rings. The number of aliphatic hydroxyl groups is 2. The van der Waals surface area contributed by atoms with E-state index in [1.165, 1.54) is 37.2 Å². The van der Waals surface area contributed by atoms with Crippen LogP contribution in [0.25, 0.3) is 0 Å². The average Bonchev–Trinajstić information content (AvgIpc) is 3.42. The summed E-state index contributed by atoms with van der Waals surface area (Å²) < 4.78 is 0. The van der Waals surface area contributed by atoms with Crippen molar-refractivity contribution in [1.82, 2.24) is 5.06 Å². The maximum Gasteiger partial charge on any atom is 0.246 e. The Kier molecular flexibility index (Phi) is 6.46. The van der Waals surface area contributed by atoms with Crippen LogP contribution < -0.4 is 0 Å². The number of amides is 1. The molecular weight excluding hydrogens is 414 g/mol. The number of hydrogen-bond donors (Lipinski definition) is 2. The van der Waals surface area contributed by atoms with Crippen LogP contribution in [-0.2, 0) is 9.63 Å². The first-order valence-electron chi connectivity index (χ1n) is 13.7. The van der Waals surface area contributed by atoms with Gasteiger partial charge in [-0.05, 0) is 105 Å². The average molecular weight is 460 g/mol. The van der Waals surface area contributed by atoms with Crippen molar-refractivity contribution >= 4 is 5.91 Å². The van der Waals surface area contributed by atoms with Crippen LogP contribution >= 0.6 is 0 Å². The lowest BCUT2D eigenvalue weighted by atomic mass is 9.47. The van der Waals surface area contributed by atoms with Crippen LogP contribution in [0.15, 0.2) is 11.6 Å². The minimum absolute atomic E-state index is 0.0134. The number of nitrogens with zero attached hydrogens (tertiary/aromatic N) is 1. The Morgan fingerprint density at radius 3 is 2.76 bits per heavy atom. The zero-order valence-electron chi connectivity index (χ0n) is 21.0. The number of carbonyl (C=O) groups excluding carboxylic acids is 1. The van der Waals surface area contributed by atoms with Gasteiger partial charge in [0, 0.05) is 6.42 Å². The lowest BCUT2D eigenvalue weighted by molar-refractivity contribution is -0.183. The molecule has 3 saturated carbocycles. The van der Waals surface area contributed by atoms with Gasteiger partial charge < -0.3 is 10.2 Å². The predicted molar refractivity (Wildman–Crippen MR) is 128 cm³/mol. The molecule has 1 amide bonds. The van der Waals surface area contributed by atoms with Crippen molar-refractivity contribution in [3.8, 4) is 0 Å². The Morgan fingerprint density at radius 2 is 2.00 bits per heavy atom. The monoisotopic (exact) mass is 459 g/mol. The van der Waals surface area contributed by atoms with Crippen molar-refractivity contribution < 1.29 is 19.8 Å². The third-order valence-electron chi connectivity index (χ3n) is 11.1. The Morgan fingerprint density at radius 1 is 1.18 bits per heavy atom. The van der Waals surface area contributed by atoms with Gasteiger partial charge in [-0.2, -0.15) is 0 Å². The molecule has 5 nitrogen and oxygen atoms in total. The summed E-state index contributed by atoms with van der Waals surface area (Å²) in [6.07, 6.45) is 13.9. The van der Waals surface area contributed by atoms with Crippen LogP contribution in [0.3, 0.4) is 0 Å². The molecule has 4 fully saturated rings. The van der Waals surface area contributed by atoms with Gasteiger partial charge in [-0.25, -0.2) is 5.06 Å². The number of fused-ring (bicyclic) bond motifs is 5. The summed E-state index contributed by atoms with van der Waals surface area (Å²) in [5, 5.41) is 21.0. The number of hydroxylamine groups is 2. The molecule has 33 heavy (non-hydrogen) atoms. The first-order valence-corrected chi connectivity index (χ1v) is 13.7. The normalized spacial score (nSPS) is 45.7. The summed E-state index contributed by atoms with van der Waals surface area (Å²) in [6, 6.07) is 0. The smallest absolute Gasteiger partial charge is 0.246 e. The molecule has 0 radical (unpaired) electrons. The van der Waals surface area contributed by atoms with Crippen LogP contribution in [0.5, 0.6) is 0 Å². The second-order valence-electron chi connectivity index (χ2n) is 12.6. The summed E-state index contributed by atoms with van der Waals surface area (Å²) in [7, 11) is 0. The van der Waals surface area contributed by atoms with Gasteiger partial charge in [-0.3, -0.25) is 9.63 Å². The van der Waals surface area contributed by atoms with Gasteiger partial charge in [0.15, 0.2) is 0 Å². The van der Waals surface area contributed by atoms with Crippen molar-refractivity contribution in [1.29, 1.82) is 0 Å². The zero-order chi connectivity index (χ0) is 23.4. The van der Waals surface area contributed by atoms with Crippen molar-refractivity contribution in [3.05, 3.63) is 11.6 Å². The molecular formula is C28H45NO4. The maximum absolute atomic E-state index is 12.7. The topological polar surface area (TPSA) is 70.0 Å². The van der Waals surface area contributed by atoms with Crippen molar-refractivity contribution in [3.63, 3.8) is 0 Å². The third kappa shape index (κ3) is 4.00. The van der Waals surface area contributed by atoms with E-state index < -0.39 is 0 Å². The highest BCUT2D eigenvalue weighted by atomic mass is 16.7. The van der Waals surface area contributed by atoms with E-state index >= 15 is 0 Å². The van der Waals surface area contributed by atoms with Gasteiger partial charge in [-0.1, -0.05) is 32.4 Å². The molecule has 1 heterocycles. The van der Waals surface area contributed by atoms with Crippen LogP contribution in [0.2, 0.25) is 0 Å². The Hall–Kier alpha value is -0.910. The molecule has 0 aromatic carbocycles. The third-order valence-corrected chi connectivity index (χ3v) is 11.1. The summed E-state index contributed by atoms with van der Waals surface area (Å²) in [4.78, 5) is 18.2. The largest absolute Gasteiger partial charge is 0.394 e. The van der Waals surface area contributed by atoms with Crippen molar-refractivity contribution in [2.45, 2.75) is 104 Å². The van der Waals surface area contributed by atoms with Gasteiger partial charge >= 0.3 is 0 Å². The standard InChI is InChI=1S/C28H45NO4/c1-18(4-9-26(32)29-15-12-21(17-30)33-29)23-7-8-24-22-6-5-19-16-20(31)10-13-27(19,2)25(22)11-14-28(23,24)3/h5,18,20-25,30-31H,4,6-17H2,1-3H3/t18?,20-,21?,22-,23+,24-,25-,27-,28+/m0/s1. The van der Waals surface area contributed by atoms with E-state index in [9.17, 15) is 15.0 Å². The Balaban J connectivity index is 1.23. The summed E-state index contributed by atoms with van der Waals surface area (Å²) in [5.41, 5.74) is 2.26. The van der Waals surface area contributed by atoms with Gasteiger partial charge in [0.25, 0.3) is 0 Å². The molecule has 5 aliphatic rings. The fourth-order valence-electron chi connectivity index (χ4n) is 9.15. The molecule has 1 saturated heterocycles. The van der Waals surface area contributed by atoms with Crippen LogP contribution in [0, 0.1) is 40.4 Å². The molecule has 2 N–H and O–H groups in total. The predicted octanol–water partition coefficient (Wildman–Crippen LogP) is 4.87. The van der Waals surface area contributed by atoms with E-state index in [2.05, 4.69) is 26.8 Å². The van der Waals surface area contributed by atoms with Crippen molar-refractivity contribution in [2.24, 2.45) is 40.4 Å². The van der Waals surface area contributed by atoms with E-state index in [0.717, 1.165) is 49.9 Å². The van der Waals surface area contributed by atoms with Crippen LogP contribution in [-0.4, -0.2) is 46.5 Å². The van der Waals surface area contributed by atoms with Crippen LogP contribution in [0.1, 0.15) is 91.4 Å². The molecule has 2 unspecified atom stereocenters. The maximum atomic E-state index is 12.7. The fraction of sp³-hybridized carbons (Fsp3) is 0.893. The van der Waals surface area contributed by atoms with E-state index in [0.29, 0.717) is 35.6 Å². The van der Waals surface area contributed by atoms with E-state index in [1.807, 2.05) is 0 Å². The highest BCUT2D eigenvalue weighted by Gasteiger charge is 2.59. The van der Waals surface area contributed by atoms with E-state index in [1.54, 1.807) is 5.57 Å². The number of hydrogen-bond acceptors (Lipinski definition) is 4. The van der Waals surface area contributed by atoms with Gasteiger partial charge in [0.1, 0.15) is 6.10 Å². The lowest BCUT2D eigenvalue weighted by Gasteiger charge is -2.58. The molecule has 9 atom stereocenters. The van der Waals surface area contributed by atoms with Crippen molar-refractivity contribution in [2.75, 3.05) is 13.2 Å². The lowest BCUT2D eigenvalue weighted by Crippen LogP contribution is -2.50. The minimum atomic E-state index is -0.213. The van der Waals surface area contributed by atoms with Gasteiger partial charge in [-0.15, -0.1) is 0 Å².